The molecular weight excluding hydrogens is 290 g/mol. The lowest BCUT2D eigenvalue weighted by molar-refractivity contribution is 0.159. The van der Waals surface area contributed by atoms with E-state index in [-0.39, 0.29) is 0 Å². The van der Waals surface area contributed by atoms with Crippen LogP contribution in [0, 0.1) is 0 Å². The van der Waals surface area contributed by atoms with Gasteiger partial charge in [-0.25, -0.2) is 0 Å². The Morgan fingerprint density at radius 1 is 1.17 bits per heavy atom. The number of halogens is 1. The first-order valence-corrected chi connectivity index (χ1v) is 6.93. The molecule has 18 heavy (non-hydrogen) atoms. The van der Waals surface area contributed by atoms with Gasteiger partial charge in [-0.1, -0.05) is 30.3 Å². The van der Waals surface area contributed by atoms with E-state index >= 15 is 0 Å². The number of rotatable bonds is 3. The Morgan fingerprint density at radius 3 is 2.50 bits per heavy atom. The van der Waals surface area contributed by atoms with Crippen molar-refractivity contribution in [2.75, 3.05) is 33.2 Å². The molecule has 1 heterocycles. The van der Waals surface area contributed by atoms with Crippen molar-refractivity contribution in [1.29, 1.82) is 0 Å². The lowest BCUT2D eigenvalue weighted by Crippen LogP contribution is -2.41. The average molecular weight is 308 g/mol. The van der Waals surface area contributed by atoms with Crippen LogP contribution >= 0.6 is 15.9 Å². The third-order valence-electron chi connectivity index (χ3n) is 2.93. The second-order valence-corrected chi connectivity index (χ2v) is 5.36. The normalized spacial score (nSPS) is 18.6. The fraction of sp³-hybridized carbons (Fsp3) is 0.357. The van der Waals surface area contributed by atoms with Gasteiger partial charge < -0.3 is 4.90 Å². The number of benzene rings is 1. The van der Waals surface area contributed by atoms with E-state index in [1.165, 1.54) is 5.56 Å². The van der Waals surface area contributed by atoms with Gasteiger partial charge in [-0.3, -0.25) is 5.01 Å². The molecule has 0 bridgehead atoms. The summed E-state index contributed by atoms with van der Waals surface area (Å²) in [7, 11) is 2.15. The number of hydrogen-bond donors (Lipinski definition) is 0. The molecule has 0 aromatic heterocycles. The van der Waals surface area contributed by atoms with Crippen molar-refractivity contribution in [1.82, 2.24) is 9.91 Å². The first-order chi connectivity index (χ1) is 8.74. The Morgan fingerprint density at radius 2 is 1.83 bits per heavy atom. The minimum Gasteiger partial charge on any atom is -0.303 e. The summed E-state index contributed by atoms with van der Waals surface area (Å²) in [5, 5.41) is 6.59. The highest BCUT2D eigenvalue weighted by molar-refractivity contribution is 9.12. The monoisotopic (exact) mass is 307 g/mol. The van der Waals surface area contributed by atoms with Gasteiger partial charge in [0.2, 0.25) is 0 Å². The van der Waals surface area contributed by atoms with Gasteiger partial charge in [-0.2, -0.15) is 5.10 Å². The van der Waals surface area contributed by atoms with E-state index in [2.05, 4.69) is 56.2 Å². The highest BCUT2D eigenvalue weighted by Crippen LogP contribution is 2.10. The maximum atomic E-state index is 4.48. The Labute approximate surface area is 117 Å². The minimum atomic E-state index is 0.993. The summed E-state index contributed by atoms with van der Waals surface area (Å²) in [6.45, 7) is 4.16. The molecular formula is C14H18BrN3. The van der Waals surface area contributed by atoms with E-state index in [0.29, 0.717) is 0 Å². The lowest BCUT2D eigenvalue weighted by atomic mass is 10.2. The van der Waals surface area contributed by atoms with Gasteiger partial charge in [0.05, 0.1) is 6.21 Å². The standard InChI is InChI=1S/C14H18BrN3/c1-17-7-9-18(10-8-17)16-12-14(15)11-13-5-3-2-4-6-13/h2-6,11-12H,7-10H2,1H3/b14-11-,16-12+. The fourth-order valence-corrected chi connectivity index (χ4v) is 2.15. The van der Waals surface area contributed by atoms with Crippen LogP contribution < -0.4 is 0 Å². The van der Waals surface area contributed by atoms with Gasteiger partial charge in [0.1, 0.15) is 0 Å². The van der Waals surface area contributed by atoms with Crippen molar-refractivity contribution in [3.8, 4) is 0 Å². The van der Waals surface area contributed by atoms with Crippen LogP contribution in [-0.4, -0.2) is 49.4 Å². The minimum absolute atomic E-state index is 0.993. The number of nitrogens with zero attached hydrogens (tertiary/aromatic N) is 3. The number of allylic oxidation sites excluding steroid dienone is 1. The van der Waals surface area contributed by atoms with Gasteiger partial charge in [0.25, 0.3) is 0 Å². The molecule has 0 unspecified atom stereocenters. The van der Waals surface area contributed by atoms with E-state index in [9.17, 15) is 0 Å². The second-order valence-electron chi connectivity index (χ2n) is 4.44. The van der Waals surface area contributed by atoms with E-state index < -0.39 is 0 Å². The largest absolute Gasteiger partial charge is 0.303 e. The summed E-state index contributed by atoms with van der Waals surface area (Å²) < 4.78 is 0.993. The van der Waals surface area contributed by atoms with Crippen LogP contribution in [0.1, 0.15) is 5.56 Å². The summed E-state index contributed by atoms with van der Waals surface area (Å²) in [5.74, 6) is 0. The Kier molecular flexibility index (Phi) is 4.96. The zero-order valence-electron chi connectivity index (χ0n) is 10.6. The van der Waals surface area contributed by atoms with Crippen molar-refractivity contribution in [3.05, 3.63) is 40.4 Å². The fourth-order valence-electron chi connectivity index (χ4n) is 1.79. The van der Waals surface area contributed by atoms with Gasteiger partial charge >= 0.3 is 0 Å². The Hall–Kier alpha value is -1.13. The predicted octanol–water partition coefficient (Wildman–Crippen LogP) is 2.66. The molecule has 0 radical (unpaired) electrons. The Balaban J connectivity index is 1.91. The van der Waals surface area contributed by atoms with Crippen LogP contribution in [0.3, 0.4) is 0 Å². The quantitative estimate of drug-likeness (QED) is 0.800. The van der Waals surface area contributed by atoms with Crippen molar-refractivity contribution in [2.45, 2.75) is 0 Å². The predicted molar refractivity (Wildman–Crippen MR) is 80.9 cm³/mol. The molecule has 1 aromatic rings. The highest BCUT2D eigenvalue weighted by atomic mass is 79.9. The molecule has 0 amide bonds. The summed E-state index contributed by atoms with van der Waals surface area (Å²) in [6.07, 6.45) is 3.94. The van der Waals surface area contributed by atoms with Crippen molar-refractivity contribution >= 4 is 28.2 Å². The zero-order chi connectivity index (χ0) is 12.8. The van der Waals surface area contributed by atoms with Crippen LogP contribution in [0.15, 0.2) is 39.9 Å². The number of hydrogen-bond acceptors (Lipinski definition) is 3. The molecule has 4 heteroatoms. The van der Waals surface area contributed by atoms with Crippen LogP contribution in [-0.2, 0) is 0 Å². The smallest absolute Gasteiger partial charge is 0.0612 e. The Bertz CT molecular complexity index is 420. The van der Waals surface area contributed by atoms with E-state index in [0.717, 1.165) is 30.7 Å². The molecule has 1 aromatic carbocycles. The first kappa shape index (κ1) is 13.3. The molecule has 2 rings (SSSR count). The molecule has 1 saturated heterocycles. The lowest BCUT2D eigenvalue weighted by Gasteiger charge is -2.30. The van der Waals surface area contributed by atoms with Gasteiger partial charge in [-0.05, 0) is 34.6 Å². The topological polar surface area (TPSA) is 18.8 Å². The molecule has 0 atom stereocenters. The maximum Gasteiger partial charge on any atom is 0.0612 e. The van der Waals surface area contributed by atoms with Crippen LogP contribution in [0.5, 0.6) is 0 Å². The molecule has 96 valence electrons. The first-order valence-electron chi connectivity index (χ1n) is 6.14. The number of piperazine rings is 1. The van der Waals surface area contributed by atoms with Gasteiger partial charge in [0, 0.05) is 30.7 Å². The molecule has 0 saturated carbocycles. The van der Waals surface area contributed by atoms with Crippen molar-refractivity contribution in [3.63, 3.8) is 0 Å². The van der Waals surface area contributed by atoms with Crippen LogP contribution in [0.25, 0.3) is 6.08 Å². The SMILES string of the molecule is CN1CCN(/N=C/C(Br)=C/c2ccccc2)CC1. The van der Waals surface area contributed by atoms with Crippen molar-refractivity contribution < 1.29 is 0 Å². The van der Waals surface area contributed by atoms with Crippen LogP contribution in [0.4, 0.5) is 0 Å². The third kappa shape index (κ3) is 4.27. The molecule has 1 aliphatic heterocycles. The van der Waals surface area contributed by atoms with E-state index in [4.69, 9.17) is 0 Å². The molecule has 0 N–H and O–H groups in total. The zero-order valence-corrected chi connectivity index (χ0v) is 12.2. The van der Waals surface area contributed by atoms with Gasteiger partial charge in [-0.15, -0.1) is 0 Å². The van der Waals surface area contributed by atoms with Crippen molar-refractivity contribution in [2.24, 2.45) is 5.10 Å². The highest BCUT2D eigenvalue weighted by Gasteiger charge is 2.10. The number of hydrazone groups is 1. The third-order valence-corrected chi connectivity index (χ3v) is 3.36. The number of likely N-dealkylation sites (N-methyl/N-ethyl adjacent to an activating group) is 1. The summed E-state index contributed by atoms with van der Waals surface area (Å²) in [6, 6.07) is 10.2. The van der Waals surface area contributed by atoms with E-state index in [1.54, 1.807) is 0 Å². The summed E-state index contributed by atoms with van der Waals surface area (Å²) in [5.41, 5.74) is 1.18. The second kappa shape index (κ2) is 6.71. The van der Waals surface area contributed by atoms with Crippen LogP contribution in [0.2, 0.25) is 0 Å². The molecule has 0 aliphatic carbocycles. The summed E-state index contributed by atoms with van der Waals surface area (Å²) in [4.78, 5) is 2.32. The summed E-state index contributed by atoms with van der Waals surface area (Å²) >= 11 is 3.53. The molecule has 0 spiro atoms. The van der Waals surface area contributed by atoms with E-state index in [1.807, 2.05) is 24.4 Å². The molecule has 1 aliphatic rings. The average Bonchev–Trinajstić information content (AvgIpc) is 2.39. The van der Waals surface area contributed by atoms with Gasteiger partial charge in [0.15, 0.2) is 0 Å². The maximum absolute atomic E-state index is 4.48. The molecule has 3 nitrogen and oxygen atoms in total. The molecule has 1 fully saturated rings.